The second kappa shape index (κ2) is 8.93. The van der Waals surface area contributed by atoms with Gasteiger partial charge in [-0.15, -0.1) is 0 Å². The molecule has 1 atom stereocenters. The lowest BCUT2D eigenvalue weighted by atomic mass is 10.3. The second-order valence-electron chi connectivity index (χ2n) is 5.05. The molecular weight excluding hydrogens is 354 g/mol. The van der Waals surface area contributed by atoms with Gasteiger partial charge in [-0.05, 0) is 18.6 Å². The molecule has 1 aliphatic heterocycles. The predicted molar refractivity (Wildman–Crippen MR) is 91.5 cm³/mol. The molecule has 0 aliphatic carbocycles. The molecule has 2 rings (SSSR count). The van der Waals surface area contributed by atoms with E-state index in [1.165, 1.54) is 0 Å². The number of hydrogen-bond donors (Lipinski definition) is 0. The van der Waals surface area contributed by atoms with Crippen molar-refractivity contribution in [3.05, 3.63) is 30.3 Å². The number of cyclic esters (lactones) is 1. The molecule has 1 aromatic carbocycles. The van der Waals surface area contributed by atoms with Crippen molar-refractivity contribution in [2.75, 3.05) is 18.1 Å². The van der Waals surface area contributed by atoms with Crippen LogP contribution in [0.15, 0.2) is 35.5 Å². The fourth-order valence-electron chi connectivity index (χ4n) is 1.77. The number of hydrogen-bond acceptors (Lipinski definition) is 8. The maximum atomic E-state index is 11.8. The third kappa shape index (κ3) is 6.04. The highest BCUT2D eigenvalue weighted by atomic mass is 32.2. The van der Waals surface area contributed by atoms with E-state index >= 15 is 0 Å². The van der Waals surface area contributed by atoms with Crippen molar-refractivity contribution >= 4 is 32.9 Å². The number of carbonyl (C=O) groups excluding carboxylic acids is 1. The van der Waals surface area contributed by atoms with Crippen LogP contribution >= 0.6 is 11.8 Å². The average molecular weight is 373 g/mol. The molecule has 1 heterocycles. The van der Waals surface area contributed by atoms with Crippen molar-refractivity contribution in [3.8, 4) is 5.75 Å². The van der Waals surface area contributed by atoms with Gasteiger partial charge in [-0.25, -0.2) is 4.79 Å². The Hall–Kier alpha value is -1.74. The van der Waals surface area contributed by atoms with Gasteiger partial charge in [-0.2, -0.15) is 8.42 Å². The van der Waals surface area contributed by atoms with Crippen LogP contribution < -0.4 is 4.74 Å². The minimum atomic E-state index is -3.76. The standard InChI is InChI=1S/C15H19NO6S2/c1-2-3-9-24(18,19)22-16-14-15(17)21-13(11-23-14)10-20-12-7-5-4-6-8-12/h4-8,13H,2-3,9-11H2,1H3. The Labute approximate surface area is 145 Å². The number of oxime groups is 1. The molecule has 132 valence electrons. The lowest BCUT2D eigenvalue weighted by molar-refractivity contribution is -0.141. The van der Waals surface area contributed by atoms with E-state index < -0.39 is 22.2 Å². The van der Waals surface area contributed by atoms with Crippen LogP contribution in [0.3, 0.4) is 0 Å². The van der Waals surface area contributed by atoms with Gasteiger partial charge in [-0.1, -0.05) is 48.5 Å². The van der Waals surface area contributed by atoms with Crippen LogP contribution in [0.1, 0.15) is 19.8 Å². The highest BCUT2D eigenvalue weighted by Gasteiger charge is 2.29. The molecule has 0 N–H and O–H groups in total. The largest absolute Gasteiger partial charge is 0.490 e. The summed E-state index contributed by atoms with van der Waals surface area (Å²) in [6, 6.07) is 9.18. The summed E-state index contributed by atoms with van der Waals surface area (Å²) < 4.78 is 38.3. The van der Waals surface area contributed by atoms with Crippen LogP contribution in [0.4, 0.5) is 0 Å². The van der Waals surface area contributed by atoms with Crippen LogP contribution in [0.5, 0.6) is 5.75 Å². The number of rotatable bonds is 8. The Morgan fingerprint density at radius 2 is 2.08 bits per heavy atom. The molecule has 0 aromatic heterocycles. The van der Waals surface area contributed by atoms with E-state index in [9.17, 15) is 13.2 Å². The van der Waals surface area contributed by atoms with E-state index in [2.05, 4.69) is 9.44 Å². The highest BCUT2D eigenvalue weighted by molar-refractivity contribution is 8.15. The van der Waals surface area contributed by atoms with Gasteiger partial charge in [0.05, 0.1) is 5.75 Å². The average Bonchev–Trinajstić information content (AvgIpc) is 2.58. The molecule has 0 spiro atoms. The van der Waals surface area contributed by atoms with Gasteiger partial charge in [-0.3, -0.25) is 4.28 Å². The number of unbranched alkanes of at least 4 members (excludes halogenated alkanes) is 1. The normalized spacial score (nSPS) is 19.8. The van der Waals surface area contributed by atoms with E-state index in [4.69, 9.17) is 9.47 Å². The minimum Gasteiger partial charge on any atom is -0.490 e. The second-order valence-corrected chi connectivity index (χ2v) is 7.73. The topological polar surface area (TPSA) is 91.3 Å². The van der Waals surface area contributed by atoms with Crippen molar-refractivity contribution in [2.45, 2.75) is 25.9 Å². The highest BCUT2D eigenvalue weighted by Crippen LogP contribution is 2.19. The molecule has 1 fully saturated rings. The molecule has 7 nitrogen and oxygen atoms in total. The summed E-state index contributed by atoms with van der Waals surface area (Å²) in [5, 5.41) is 3.31. The van der Waals surface area contributed by atoms with Crippen LogP contribution in [0.2, 0.25) is 0 Å². The Bertz CT molecular complexity index is 674. The first-order valence-electron chi connectivity index (χ1n) is 7.51. The summed E-state index contributed by atoms with van der Waals surface area (Å²) in [5.41, 5.74) is 0. The van der Waals surface area contributed by atoms with Crippen molar-refractivity contribution in [1.82, 2.24) is 0 Å². The summed E-state index contributed by atoms with van der Waals surface area (Å²) in [4.78, 5) is 11.8. The third-order valence-corrected chi connectivity index (χ3v) is 5.16. The van der Waals surface area contributed by atoms with E-state index in [0.717, 1.165) is 18.2 Å². The monoisotopic (exact) mass is 373 g/mol. The Morgan fingerprint density at radius 3 is 2.75 bits per heavy atom. The maximum Gasteiger partial charge on any atom is 0.367 e. The van der Waals surface area contributed by atoms with Crippen LogP contribution in [-0.4, -0.2) is 43.6 Å². The molecule has 9 heteroatoms. The molecule has 0 radical (unpaired) electrons. The first-order valence-corrected chi connectivity index (χ1v) is 10.1. The third-order valence-electron chi connectivity index (χ3n) is 3.02. The summed E-state index contributed by atoms with van der Waals surface area (Å²) in [7, 11) is -3.76. The maximum absolute atomic E-state index is 11.8. The molecule has 0 amide bonds. The van der Waals surface area contributed by atoms with E-state index in [0.29, 0.717) is 17.9 Å². The van der Waals surface area contributed by atoms with Crippen molar-refractivity contribution in [3.63, 3.8) is 0 Å². The van der Waals surface area contributed by atoms with Crippen molar-refractivity contribution < 1.29 is 27.0 Å². The number of esters is 1. The van der Waals surface area contributed by atoms with E-state index in [-0.39, 0.29) is 17.4 Å². The van der Waals surface area contributed by atoms with Crippen molar-refractivity contribution in [1.29, 1.82) is 0 Å². The summed E-state index contributed by atoms with van der Waals surface area (Å²) in [6.45, 7) is 2.08. The summed E-state index contributed by atoms with van der Waals surface area (Å²) in [6.07, 6.45) is 0.765. The van der Waals surface area contributed by atoms with Crippen LogP contribution in [0.25, 0.3) is 0 Å². The Kier molecular flexibility index (Phi) is 6.92. The van der Waals surface area contributed by atoms with Gasteiger partial charge in [0.15, 0.2) is 0 Å². The first kappa shape index (κ1) is 18.6. The number of nitrogens with zero attached hydrogens (tertiary/aromatic N) is 1. The minimum absolute atomic E-state index is 0.106. The quantitative estimate of drug-likeness (QED) is 0.509. The summed E-state index contributed by atoms with van der Waals surface area (Å²) in [5.74, 6) is 0.255. The molecule has 0 saturated carbocycles. The van der Waals surface area contributed by atoms with Gasteiger partial charge in [0, 0.05) is 5.75 Å². The van der Waals surface area contributed by atoms with E-state index in [1.54, 1.807) is 12.1 Å². The number of thioether (sulfide) groups is 1. The van der Waals surface area contributed by atoms with Gasteiger partial charge in [0.1, 0.15) is 18.5 Å². The van der Waals surface area contributed by atoms with Crippen LogP contribution in [0, 0.1) is 0 Å². The number of carbonyl (C=O) groups is 1. The van der Waals surface area contributed by atoms with Gasteiger partial charge in [0.2, 0.25) is 5.04 Å². The molecular formula is C15H19NO6S2. The molecule has 24 heavy (non-hydrogen) atoms. The zero-order valence-corrected chi connectivity index (χ0v) is 14.8. The Morgan fingerprint density at radius 1 is 1.33 bits per heavy atom. The number of benzene rings is 1. The van der Waals surface area contributed by atoms with Gasteiger partial charge < -0.3 is 9.47 Å². The van der Waals surface area contributed by atoms with Crippen molar-refractivity contribution in [2.24, 2.45) is 5.16 Å². The fraction of sp³-hybridized carbons (Fsp3) is 0.467. The molecule has 0 bridgehead atoms. The molecule has 1 aromatic rings. The van der Waals surface area contributed by atoms with Gasteiger partial charge in [0.25, 0.3) is 0 Å². The smallest absolute Gasteiger partial charge is 0.367 e. The van der Waals surface area contributed by atoms with Crippen LogP contribution in [-0.2, 0) is 23.9 Å². The number of ether oxygens (including phenoxy) is 2. The Balaban J connectivity index is 1.82. The first-order chi connectivity index (χ1) is 11.5. The zero-order valence-electron chi connectivity index (χ0n) is 13.2. The number of para-hydroxylation sites is 1. The summed E-state index contributed by atoms with van der Waals surface area (Å²) >= 11 is 1.09. The SMILES string of the molecule is CCCCS(=O)(=O)ON=C1SCC(COc2ccccc2)OC1=O. The lowest BCUT2D eigenvalue weighted by Crippen LogP contribution is -2.35. The lowest BCUT2D eigenvalue weighted by Gasteiger charge is -2.22. The van der Waals surface area contributed by atoms with Gasteiger partial charge >= 0.3 is 16.1 Å². The predicted octanol–water partition coefficient (Wildman–Crippen LogP) is 2.18. The zero-order chi connectivity index (χ0) is 17.4. The molecule has 1 saturated heterocycles. The molecule has 1 unspecified atom stereocenters. The fourth-order valence-corrected chi connectivity index (χ4v) is 3.48. The van der Waals surface area contributed by atoms with E-state index in [1.807, 2.05) is 25.1 Å². The molecule has 1 aliphatic rings.